The van der Waals surface area contributed by atoms with Gasteiger partial charge < -0.3 is 25.0 Å². The Bertz CT molecular complexity index is 1620. The van der Waals surface area contributed by atoms with Gasteiger partial charge in [-0.25, -0.2) is 15.0 Å². The number of aromatic nitrogens is 4. The number of rotatable bonds is 5. The number of likely N-dealkylation sites (tertiary alicyclic amines) is 2. The Hall–Kier alpha value is -4.24. The molecule has 3 aromatic heterocycles. The van der Waals surface area contributed by atoms with Gasteiger partial charge in [0.15, 0.2) is 0 Å². The van der Waals surface area contributed by atoms with E-state index in [0.717, 1.165) is 41.7 Å². The number of β-amino-alcohol motifs (C(OH)–C–C–N with tert-alkyl or cyclic N) is 1. The largest absolute Gasteiger partial charge is 0.431 e. The van der Waals surface area contributed by atoms with Crippen LogP contribution in [0.1, 0.15) is 12.1 Å². The molecule has 2 saturated heterocycles. The van der Waals surface area contributed by atoms with Crippen molar-refractivity contribution in [1.29, 1.82) is 0 Å². The molecule has 2 aliphatic rings. The summed E-state index contributed by atoms with van der Waals surface area (Å²) in [5.41, 5.74) is 9.68. The number of amides is 1. The number of nitrogen functional groups attached to an aromatic ring is 1. The summed E-state index contributed by atoms with van der Waals surface area (Å²) in [6.07, 6.45) is 4.62. The molecule has 4 aromatic rings. The van der Waals surface area contributed by atoms with E-state index in [0.29, 0.717) is 35.5 Å². The maximum atomic E-state index is 11.9. The van der Waals surface area contributed by atoms with Gasteiger partial charge in [0, 0.05) is 62.3 Å². The van der Waals surface area contributed by atoms with Crippen molar-refractivity contribution < 1.29 is 14.6 Å². The molecule has 2 aliphatic heterocycles. The first-order valence-electron chi connectivity index (χ1n) is 13.0. The molecular weight excluding hydrogens is 526 g/mol. The van der Waals surface area contributed by atoms with Gasteiger partial charge >= 0.3 is 0 Å². The number of ether oxygens (including phenoxy) is 1. The molecule has 1 aromatic carbocycles. The van der Waals surface area contributed by atoms with Gasteiger partial charge in [0.2, 0.25) is 5.91 Å². The number of benzene rings is 1. The molecule has 0 aliphatic carbocycles. The van der Waals surface area contributed by atoms with Crippen LogP contribution in [0.5, 0.6) is 10.9 Å². The lowest BCUT2D eigenvalue weighted by atomic mass is 9.91. The van der Waals surface area contributed by atoms with Gasteiger partial charge in [-0.05, 0) is 36.1 Å². The average Bonchev–Trinajstić information content (AvgIpc) is 3.55. The number of piperidine rings is 1. The number of fused-ring (bicyclic) bond motifs is 1. The van der Waals surface area contributed by atoms with Crippen molar-refractivity contribution in [1.82, 2.24) is 29.3 Å². The number of anilines is 1. The predicted octanol–water partition coefficient (Wildman–Crippen LogP) is 2.90. The summed E-state index contributed by atoms with van der Waals surface area (Å²) >= 11 is 1.43. The van der Waals surface area contributed by atoms with Crippen LogP contribution in [0, 0.1) is 17.8 Å². The molecule has 0 saturated carbocycles. The Balaban J connectivity index is 1.23. The normalized spacial score (nSPS) is 19.6. The molecule has 0 bridgehead atoms. The Labute approximate surface area is 235 Å². The SMILES string of the molecule is C=CC(=O)N1CC[C@@H](N2CC(C#Cc3c(-c4ccc(Oc5nccs5)cc4)c4c(N)ncnc4n3C)C2)[C@@H](O)C1. The molecule has 6 rings (SSSR count). The highest BCUT2D eigenvalue weighted by Gasteiger charge is 2.38. The zero-order chi connectivity index (χ0) is 27.8. The highest BCUT2D eigenvalue weighted by molar-refractivity contribution is 7.11. The van der Waals surface area contributed by atoms with Crippen molar-refractivity contribution in [3.8, 4) is 33.9 Å². The molecule has 11 heteroatoms. The summed E-state index contributed by atoms with van der Waals surface area (Å²) in [5, 5.41) is 13.9. The van der Waals surface area contributed by atoms with Crippen molar-refractivity contribution in [2.24, 2.45) is 13.0 Å². The van der Waals surface area contributed by atoms with Gasteiger partial charge in [-0.3, -0.25) is 9.69 Å². The first-order valence-corrected chi connectivity index (χ1v) is 13.9. The molecule has 40 heavy (non-hydrogen) atoms. The minimum absolute atomic E-state index is 0.0280. The van der Waals surface area contributed by atoms with E-state index in [1.165, 1.54) is 23.7 Å². The van der Waals surface area contributed by atoms with Crippen LogP contribution < -0.4 is 10.5 Å². The van der Waals surface area contributed by atoms with Crippen LogP contribution in [0.3, 0.4) is 0 Å². The Morgan fingerprint density at radius 3 is 2.73 bits per heavy atom. The lowest BCUT2D eigenvalue weighted by molar-refractivity contribution is -0.132. The van der Waals surface area contributed by atoms with Crippen LogP contribution in [0.15, 0.2) is 54.8 Å². The van der Waals surface area contributed by atoms with Gasteiger partial charge in [-0.2, -0.15) is 0 Å². The van der Waals surface area contributed by atoms with Crippen LogP contribution in [0.25, 0.3) is 22.2 Å². The monoisotopic (exact) mass is 555 g/mol. The molecule has 2 fully saturated rings. The summed E-state index contributed by atoms with van der Waals surface area (Å²) in [6.45, 7) is 6.04. The second kappa shape index (κ2) is 10.7. The van der Waals surface area contributed by atoms with Crippen LogP contribution in [-0.2, 0) is 11.8 Å². The van der Waals surface area contributed by atoms with Gasteiger partial charge in [-0.1, -0.05) is 36.0 Å². The molecule has 0 spiro atoms. The zero-order valence-electron chi connectivity index (χ0n) is 22.0. The Morgan fingerprint density at radius 2 is 2.02 bits per heavy atom. The van der Waals surface area contributed by atoms with E-state index in [1.807, 2.05) is 41.3 Å². The summed E-state index contributed by atoms with van der Waals surface area (Å²) < 4.78 is 7.79. The fourth-order valence-electron chi connectivity index (χ4n) is 5.47. The van der Waals surface area contributed by atoms with Gasteiger partial charge in [0.05, 0.1) is 11.5 Å². The number of carbonyl (C=O) groups is 1. The number of aliphatic hydroxyl groups excluding tert-OH is 1. The van der Waals surface area contributed by atoms with Crippen molar-refractivity contribution in [3.63, 3.8) is 0 Å². The zero-order valence-corrected chi connectivity index (χ0v) is 22.8. The molecule has 5 heterocycles. The van der Waals surface area contributed by atoms with E-state index in [4.69, 9.17) is 10.5 Å². The summed E-state index contributed by atoms with van der Waals surface area (Å²) in [6, 6.07) is 7.78. The Kier molecular flexibility index (Phi) is 6.98. The number of nitrogens with zero attached hydrogens (tertiary/aromatic N) is 6. The maximum absolute atomic E-state index is 11.9. The topological polar surface area (TPSA) is 123 Å². The Morgan fingerprint density at radius 1 is 1.23 bits per heavy atom. The highest BCUT2D eigenvalue weighted by atomic mass is 32.1. The second-order valence-electron chi connectivity index (χ2n) is 10.00. The molecule has 0 radical (unpaired) electrons. The lowest BCUT2D eigenvalue weighted by Crippen LogP contribution is -2.61. The lowest BCUT2D eigenvalue weighted by Gasteiger charge is -2.47. The summed E-state index contributed by atoms with van der Waals surface area (Å²) in [5.74, 6) is 7.97. The predicted molar refractivity (Wildman–Crippen MR) is 154 cm³/mol. The third-order valence-corrected chi connectivity index (χ3v) is 8.21. The molecule has 10 nitrogen and oxygen atoms in total. The van der Waals surface area contributed by atoms with E-state index in [1.54, 1.807) is 11.1 Å². The highest BCUT2D eigenvalue weighted by Crippen LogP contribution is 2.37. The third kappa shape index (κ3) is 4.81. The van der Waals surface area contributed by atoms with Crippen LogP contribution in [-0.4, -0.2) is 78.7 Å². The smallest absolute Gasteiger partial charge is 0.278 e. The molecule has 2 atom stereocenters. The number of nitrogens with two attached hydrogens (primary N) is 1. The van der Waals surface area contributed by atoms with E-state index in [9.17, 15) is 9.90 Å². The van der Waals surface area contributed by atoms with Crippen molar-refractivity contribution in [3.05, 3.63) is 60.5 Å². The number of aliphatic hydroxyl groups is 1. The van der Waals surface area contributed by atoms with Crippen molar-refractivity contribution in [2.45, 2.75) is 18.6 Å². The average molecular weight is 556 g/mol. The van der Waals surface area contributed by atoms with Crippen molar-refractivity contribution >= 4 is 34.1 Å². The fourth-order valence-corrected chi connectivity index (χ4v) is 5.98. The summed E-state index contributed by atoms with van der Waals surface area (Å²) in [7, 11) is 1.93. The van der Waals surface area contributed by atoms with Gasteiger partial charge in [0.1, 0.15) is 29.2 Å². The number of hydrogen-bond donors (Lipinski definition) is 2. The fraction of sp³-hybridized carbons (Fsp3) is 0.310. The number of thiazole rings is 1. The minimum Gasteiger partial charge on any atom is -0.431 e. The molecular formula is C29H29N7O3S. The molecule has 204 valence electrons. The summed E-state index contributed by atoms with van der Waals surface area (Å²) in [4.78, 5) is 28.7. The van der Waals surface area contributed by atoms with Crippen LogP contribution in [0.4, 0.5) is 5.82 Å². The minimum atomic E-state index is -0.583. The number of aryl methyl sites for hydroxylation is 1. The molecule has 0 unspecified atom stereocenters. The van der Waals surface area contributed by atoms with E-state index in [-0.39, 0.29) is 17.9 Å². The number of hydrogen-bond acceptors (Lipinski definition) is 9. The van der Waals surface area contributed by atoms with E-state index >= 15 is 0 Å². The quantitative estimate of drug-likeness (QED) is 0.285. The van der Waals surface area contributed by atoms with Crippen LogP contribution in [0.2, 0.25) is 0 Å². The number of carbonyl (C=O) groups excluding carboxylic acids is 1. The maximum Gasteiger partial charge on any atom is 0.278 e. The third-order valence-electron chi connectivity index (χ3n) is 7.56. The first kappa shape index (κ1) is 26.0. The van der Waals surface area contributed by atoms with Crippen LogP contribution >= 0.6 is 11.3 Å². The standard InChI is InChI=1S/C29H29N7O3S/c1-3-24(38)35-12-10-21(23(37)16-35)36-14-18(15-36)4-9-22-25(26-27(30)32-17-33-28(26)34(22)2)19-5-7-20(8-6-19)39-29-31-11-13-40-29/h3,5-8,11,13,17-18,21,23,37H,1,10,12,14-16H2,2H3,(H2,30,32,33)/t21-,23+/m1/s1. The van der Waals surface area contributed by atoms with Gasteiger partial charge in [-0.15, -0.1) is 0 Å². The van der Waals surface area contributed by atoms with Gasteiger partial charge in [0.25, 0.3) is 5.19 Å². The van der Waals surface area contributed by atoms with E-state index < -0.39 is 6.10 Å². The van der Waals surface area contributed by atoms with E-state index in [2.05, 4.69) is 38.3 Å². The van der Waals surface area contributed by atoms with Crippen molar-refractivity contribution in [2.75, 3.05) is 31.9 Å². The molecule has 1 amide bonds. The first-order chi connectivity index (χ1) is 19.4. The second-order valence-corrected chi connectivity index (χ2v) is 10.9. The molecule has 3 N–H and O–H groups in total.